The minimum absolute atomic E-state index is 0.236. The lowest BCUT2D eigenvalue weighted by atomic mass is 9.99. The Morgan fingerprint density at radius 3 is 2.71 bits per heavy atom. The molecular weight excluding hydrogens is 270 g/mol. The molecule has 5 heteroatoms. The normalized spacial score (nSPS) is 15.5. The third-order valence-electron chi connectivity index (χ3n) is 3.51. The number of carbonyl (C=O) groups is 1. The highest BCUT2D eigenvalue weighted by Gasteiger charge is 2.32. The van der Waals surface area contributed by atoms with E-state index in [9.17, 15) is 4.79 Å². The van der Waals surface area contributed by atoms with Crippen LogP contribution in [0.1, 0.15) is 25.8 Å². The van der Waals surface area contributed by atoms with E-state index in [0.29, 0.717) is 32.8 Å². The topological polar surface area (TPSA) is 59.0 Å². The number of ether oxygens (including phenoxy) is 2. The number of hydrogen-bond acceptors (Lipinski definition) is 4. The van der Waals surface area contributed by atoms with Gasteiger partial charge in [-0.3, -0.25) is 9.69 Å². The Bertz CT molecular complexity index is 483. The third kappa shape index (κ3) is 3.88. The molecule has 0 atom stereocenters. The number of rotatable bonds is 8. The van der Waals surface area contributed by atoms with Crippen LogP contribution in [0.3, 0.4) is 0 Å². The number of para-hydroxylation sites is 1. The van der Waals surface area contributed by atoms with Crippen molar-refractivity contribution in [3.8, 4) is 11.5 Å². The number of benzene rings is 1. The fourth-order valence-corrected chi connectivity index (χ4v) is 2.42. The maximum atomic E-state index is 10.9. The molecule has 1 fully saturated rings. The van der Waals surface area contributed by atoms with Gasteiger partial charge in [-0.1, -0.05) is 19.1 Å². The van der Waals surface area contributed by atoms with E-state index >= 15 is 0 Å². The Hall–Kier alpha value is -1.75. The lowest BCUT2D eigenvalue weighted by Crippen LogP contribution is -2.49. The molecule has 0 aromatic heterocycles. The first-order valence-corrected chi connectivity index (χ1v) is 7.48. The molecule has 116 valence electrons. The van der Waals surface area contributed by atoms with Crippen molar-refractivity contribution >= 4 is 5.97 Å². The molecule has 5 nitrogen and oxygen atoms in total. The summed E-state index contributed by atoms with van der Waals surface area (Å²) in [5, 5.41) is 8.93. The van der Waals surface area contributed by atoms with Gasteiger partial charge in [-0.25, -0.2) is 0 Å². The SMILES string of the molecule is CCCOc1c(CN2CC(C(=O)O)C2)cccc1OCC. The molecule has 2 rings (SSSR count). The first-order chi connectivity index (χ1) is 10.2. The Morgan fingerprint density at radius 1 is 1.33 bits per heavy atom. The van der Waals surface area contributed by atoms with Gasteiger partial charge in [0.15, 0.2) is 11.5 Å². The molecule has 1 aliphatic rings. The van der Waals surface area contributed by atoms with Crippen molar-refractivity contribution in [2.75, 3.05) is 26.3 Å². The highest BCUT2D eigenvalue weighted by molar-refractivity contribution is 5.71. The summed E-state index contributed by atoms with van der Waals surface area (Å²) in [6, 6.07) is 5.88. The zero-order valence-electron chi connectivity index (χ0n) is 12.7. The zero-order valence-corrected chi connectivity index (χ0v) is 12.7. The summed E-state index contributed by atoms with van der Waals surface area (Å²) in [5.41, 5.74) is 1.05. The molecule has 0 aliphatic carbocycles. The van der Waals surface area contributed by atoms with E-state index in [1.165, 1.54) is 0 Å². The van der Waals surface area contributed by atoms with Gasteiger partial charge in [0.2, 0.25) is 0 Å². The number of likely N-dealkylation sites (tertiary alicyclic amines) is 1. The minimum Gasteiger partial charge on any atom is -0.490 e. The van der Waals surface area contributed by atoms with Crippen molar-refractivity contribution in [3.05, 3.63) is 23.8 Å². The summed E-state index contributed by atoms with van der Waals surface area (Å²) in [5.74, 6) is 0.607. The molecule has 0 unspecified atom stereocenters. The van der Waals surface area contributed by atoms with Crippen LogP contribution in [0.15, 0.2) is 18.2 Å². The first kappa shape index (κ1) is 15.6. The van der Waals surface area contributed by atoms with Gasteiger partial charge in [-0.05, 0) is 19.4 Å². The number of aliphatic carboxylic acids is 1. The van der Waals surface area contributed by atoms with Crippen molar-refractivity contribution in [3.63, 3.8) is 0 Å². The standard InChI is InChI=1S/C16H23NO4/c1-3-8-21-15-12(6-5-7-14(15)20-4-2)9-17-10-13(11-17)16(18)19/h5-7,13H,3-4,8-11H2,1-2H3,(H,18,19). The predicted molar refractivity (Wildman–Crippen MR) is 79.8 cm³/mol. The largest absolute Gasteiger partial charge is 0.490 e. The van der Waals surface area contributed by atoms with E-state index in [4.69, 9.17) is 14.6 Å². The van der Waals surface area contributed by atoms with Gasteiger partial charge in [0, 0.05) is 25.2 Å². The van der Waals surface area contributed by atoms with Crippen molar-refractivity contribution in [1.82, 2.24) is 4.90 Å². The Labute approximate surface area is 125 Å². The lowest BCUT2D eigenvalue weighted by molar-refractivity contribution is -0.147. The molecule has 1 heterocycles. The average molecular weight is 293 g/mol. The molecule has 1 saturated heterocycles. The van der Waals surface area contributed by atoms with Crippen molar-refractivity contribution in [2.24, 2.45) is 5.92 Å². The fraction of sp³-hybridized carbons (Fsp3) is 0.562. The van der Waals surface area contributed by atoms with Crippen LogP contribution in [0, 0.1) is 5.92 Å². The van der Waals surface area contributed by atoms with Gasteiger partial charge in [0.25, 0.3) is 0 Å². The van der Waals surface area contributed by atoms with Crippen LogP contribution < -0.4 is 9.47 Å². The molecule has 1 aromatic carbocycles. The predicted octanol–water partition coefficient (Wildman–Crippen LogP) is 2.39. The van der Waals surface area contributed by atoms with Crippen LogP contribution in [-0.4, -0.2) is 42.3 Å². The molecule has 0 saturated carbocycles. The summed E-state index contributed by atoms with van der Waals surface area (Å²) < 4.78 is 11.5. The van der Waals surface area contributed by atoms with Crippen LogP contribution >= 0.6 is 0 Å². The maximum Gasteiger partial charge on any atom is 0.309 e. The maximum absolute atomic E-state index is 10.9. The molecule has 0 spiro atoms. The van der Waals surface area contributed by atoms with Crippen LogP contribution in [0.5, 0.6) is 11.5 Å². The fourth-order valence-electron chi connectivity index (χ4n) is 2.42. The molecule has 1 aromatic rings. The van der Waals surface area contributed by atoms with Gasteiger partial charge in [-0.2, -0.15) is 0 Å². The molecule has 21 heavy (non-hydrogen) atoms. The summed E-state index contributed by atoms with van der Waals surface area (Å²) in [4.78, 5) is 13.0. The van der Waals surface area contributed by atoms with Crippen LogP contribution in [0.25, 0.3) is 0 Å². The Morgan fingerprint density at radius 2 is 2.10 bits per heavy atom. The highest BCUT2D eigenvalue weighted by atomic mass is 16.5. The van der Waals surface area contributed by atoms with Crippen LogP contribution in [-0.2, 0) is 11.3 Å². The number of carboxylic acid groups (broad SMARTS) is 1. The monoisotopic (exact) mass is 293 g/mol. The van der Waals surface area contributed by atoms with E-state index < -0.39 is 5.97 Å². The minimum atomic E-state index is -0.711. The Balaban J connectivity index is 2.07. The summed E-state index contributed by atoms with van der Waals surface area (Å²) >= 11 is 0. The lowest BCUT2D eigenvalue weighted by Gasteiger charge is -2.37. The van der Waals surface area contributed by atoms with E-state index in [0.717, 1.165) is 23.5 Å². The molecular formula is C16H23NO4. The molecule has 0 bridgehead atoms. The van der Waals surface area contributed by atoms with E-state index in [1.807, 2.05) is 25.1 Å². The average Bonchev–Trinajstić information content (AvgIpc) is 2.41. The zero-order chi connectivity index (χ0) is 15.2. The second kappa shape index (κ2) is 7.31. The number of hydrogen-bond donors (Lipinski definition) is 1. The van der Waals surface area contributed by atoms with Gasteiger partial charge in [-0.15, -0.1) is 0 Å². The molecule has 0 radical (unpaired) electrons. The van der Waals surface area contributed by atoms with Gasteiger partial charge in [0.1, 0.15) is 0 Å². The summed E-state index contributed by atoms with van der Waals surface area (Å²) in [7, 11) is 0. The molecule has 0 amide bonds. The highest BCUT2D eigenvalue weighted by Crippen LogP contribution is 2.33. The van der Waals surface area contributed by atoms with Gasteiger partial charge in [0.05, 0.1) is 19.1 Å². The quantitative estimate of drug-likeness (QED) is 0.797. The van der Waals surface area contributed by atoms with Gasteiger partial charge >= 0.3 is 5.97 Å². The van der Waals surface area contributed by atoms with Crippen molar-refractivity contribution in [2.45, 2.75) is 26.8 Å². The summed E-state index contributed by atoms with van der Waals surface area (Å²) in [6.07, 6.45) is 0.935. The number of nitrogens with zero attached hydrogens (tertiary/aromatic N) is 1. The van der Waals surface area contributed by atoms with Gasteiger partial charge < -0.3 is 14.6 Å². The first-order valence-electron chi connectivity index (χ1n) is 7.48. The van der Waals surface area contributed by atoms with E-state index in [-0.39, 0.29) is 5.92 Å². The molecule has 1 aliphatic heterocycles. The molecule has 1 N–H and O–H groups in total. The van der Waals surface area contributed by atoms with E-state index in [1.54, 1.807) is 0 Å². The second-order valence-electron chi connectivity index (χ2n) is 5.26. The second-order valence-corrected chi connectivity index (χ2v) is 5.26. The third-order valence-corrected chi connectivity index (χ3v) is 3.51. The van der Waals surface area contributed by atoms with Crippen LogP contribution in [0.4, 0.5) is 0 Å². The number of carboxylic acids is 1. The smallest absolute Gasteiger partial charge is 0.309 e. The van der Waals surface area contributed by atoms with Crippen molar-refractivity contribution in [1.29, 1.82) is 0 Å². The van der Waals surface area contributed by atoms with Crippen LogP contribution in [0.2, 0.25) is 0 Å². The summed E-state index contributed by atoms with van der Waals surface area (Å²) in [6.45, 7) is 7.15. The van der Waals surface area contributed by atoms with E-state index in [2.05, 4.69) is 11.8 Å². The Kier molecular flexibility index (Phi) is 5.44. The van der Waals surface area contributed by atoms with Crippen molar-refractivity contribution < 1.29 is 19.4 Å².